The fourth-order valence-electron chi connectivity index (χ4n) is 4.43. The maximum Gasteiger partial charge on any atom is 0.257 e. The number of aryl methyl sites for hydroxylation is 2. The summed E-state index contributed by atoms with van der Waals surface area (Å²) in [6, 6.07) is 14.9. The van der Waals surface area contributed by atoms with Crippen molar-refractivity contribution >= 4 is 17.0 Å². The second kappa shape index (κ2) is 9.23. The Hall–Kier alpha value is -3.39. The smallest absolute Gasteiger partial charge is 0.257 e. The number of methoxy groups -OCH3 is 1. The van der Waals surface area contributed by atoms with Gasteiger partial charge in [-0.3, -0.25) is 0 Å². The van der Waals surface area contributed by atoms with Gasteiger partial charge < -0.3 is 24.0 Å². The molecule has 2 aromatic carbocycles. The highest BCUT2D eigenvalue weighted by Gasteiger charge is 2.21. The molecule has 33 heavy (non-hydrogen) atoms. The number of imidazole rings is 1. The zero-order valence-corrected chi connectivity index (χ0v) is 19.4. The Labute approximate surface area is 193 Å². The highest BCUT2D eigenvalue weighted by atomic mass is 16.5. The molecule has 1 aliphatic rings. The lowest BCUT2D eigenvalue weighted by molar-refractivity contribution is 0.221. The van der Waals surface area contributed by atoms with Crippen LogP contribution in [0.2, 0.25) is 0 Å². The molecule has 0 unspecified atom stereocenters. The van der Waals surface area contributed by atoms with Crippen LogP contribution in [0.5, 0.6) is 5.75 Å². The third-order valence-corrected chi connectivity index (χ3v) is 6.45. The van der Waals surface area contributed by atoms with Gasteiger partial charge in [0, 0.05) is 44.4 Å². The maximum atomic E-state index is 5.33. The van der Waals surface area contributed by atoms with Gasteiger partial charge in [0.15, 0.2) is 5.82 Å². The van der Waals surface area contributed by atoms with Crippen molar-refractivity contribution in [2.75, 3.05) is 32.1 Å². The number of benzene rings is 2. The molecule has 5 rings (SSSR count). The minimum absolute atomic E-state index is 0.441. The Balaban J connectivity index is 1.12. The largest absolute Gasteiger partial charge is 0.497 e. The van der Waals surface area contributed by atoms with Crippen molar-refractivity contribution in [1.29, 1.82) is 0 Å². The minimum atomic E-state index is 0.441. The monoisotopic (exact) mass is 446 g/mol. The van der Waals surface area contributed by atoms with Crippen molar-refractivity contribution in [3.05, 3.63) is 53.9 Å². The quantitative estimate of drug-likeness (QED) is 0.458. The van der Waals surface area contributed by atoms with E-state index >= 15 is 0 Å². The number of aromatic nitrogens is 4. The van der Waals surface area contributed by atoms with E-state index < -0.39 is 0 Å². The second-order valence-electron chi connectivity index (χ2n) is 8.70. The lowest BCUT2D eigenvalue weighted by Gasteiger charge is -2.32. The van der Waals surface area contributed by atoms with E-state index in [0.29, 0.717) is 17.8 Å². The van der Waals surface area contributed by atoms with Crippen molar-refractivity contribution in [3.63, 3.8) is 0 Å². The number of piperidine rings is 1. The molecule has 4 aromatic rings. The summed E-state index contributed by atoms with van der Waals surface area (Å²) >= 11 is 0. The fourth-order valence-corrected chi connectivity index (χ4v) is 4.43. The highest BCUT2D eigenvalue weighted by Crippen LogP contribution is 2.25. The number of ether oxygens (including phenoxy) is 1. The number of hydrogen-bond acceptors (Lipinski definition) is 7. The Morgan fingerprint density at radius 2 is 1.88 bits per heavy atom. The SMILES string of the molecule is COc1ccc2c(c1)nc(NC1CCN(CCc3ccc(-c4nc(C)no4)cc3)CC1)n2C. The standard InChI is InChI=1S/C25H30N6O2/c1-17-26-24(33-29-17)19-6-4-18(5-7-19)10-13-31-14-11-20(12-15-31)27-25-28-22-16-21(32-3)8-9-23(22)30(25)2/h4-9,16,20H,10-15H2,1-3H3,(H,27,28). The molecule has 8 nitrogen and oxygen atoms in total. The first-order valence-electron chi connectivity index (χ1n) is 11.5. The van der Waals surface area contributed by atoms with Crippen LogP contribution in [0.25, 0.3) is 22.5 Å². The van der Waals surface area contributed by atoms with Crippen LogP contribution in [-0.2, 0) is 13.5 Å². The Kier molecular flexibility index (Phi) is 6.00. The molecule has 1 saturated heterocycles. The normalized spacial score (nSPS) is 15.2. The molecule has 0 amide bonds. The average molecular weight is 447 g/mol. The summed E-state index contributed by atoms with van der Waals surface area (Å²) in [5, 5.41) is 7.52. The van der Waals surface area contributed by atoms with Gasteiger partial charge >= 0.3 is 0 Å². The fraction of sp³-hybridized carbons (Fsp3) is 0.400. The van der Waals surface area contributed by atoms with E-state index in [4.69, 9.17) is 14.2 Å². The minimum Gasteiger partial charge on any atom is -0.497 e. The van der Waals surface area contributed by atoms with Gasteiger partial charge in [-0.1, -0.05) is 17.3 Å². The van der Waals surface area contributed by atoms with E-state index in [-0.39, 0.29) is 0 Å². The Bertz CT molecular complexity index is 1220. The third-order valence-electron chi connectivity index (χ3n) is 6.45. The number of rotatable bonds is 7. The lowest BCUT2D eigenvalue weighted by Crippen LogP contribution is -2.40. The van der Waals surface area contributed by atoms with Crippen LogP contribution in [0, 0.1) is 6.92 Å². The van der Waals surface area contributed by atoms with E-state index in [0.717, 1.165) is 67.2 Å². The summed E-state index contributed by atoms with van der Waals surface area (Å²) in [6.45, 7) is 5.08. The molecule has 2 aromatic heterocycles. The molecule has 1 fully saturated rings. The van der Waals surface area contributed by atoms with Crippen molar-refractivity contribution in [2.24, 2.45) is 7.05 Å². The number of hydrogen-bond donors (Lipinski definition) is 1. The Morgan fingerprint density at radius 1 is 1.09 bits per heavy atom. The van der Waals surface area contributed by atoms with Crippen molar-refractivity contribution in [3.8, 4) is 17.2 Å². The molecule has 0 saturated carbocycles. The van der Waals surface area contributed by atoms with Crippen LogP contribution in [0.4, 0.5) is 5.95 Å². The summed E-state index contributed by atoms with van der Waals surface area (Å²) < 4.78 is 12.7. The third kappa shape index (κ3) is 4.71. The van der Waals surface area contributed by atoms with Crippen LogP contribution in [0.1, 0.15) is 24.2 Å². The van der Waals surface area contributed by atoms with Gasteiger partial charge in [0.1, 0.15) is 5.75 Å². The topological polar surface area (TPSA) is 81.2 Å². The average Bonchev–Trinajstić information content (AvgIpc) is 3.41. The molecule has 8 heteroatoms. The summed E-state index contributed by atoms with van der Waals surface area (Å²) in [5.74, 6) is 2.99. The molecule has 3 heterocycles. The number of nitrogens with zero attached hydrogens (tertiary/aromatic N) is 5. The molecule has 0 atom stereocenters. The summed E-state index contributed by atoms with van der Waals surface area (Å²) in [6.07, 6.45) is 3.26. The van der Waals surface area contributed by atoms with Gasteiger partial charge in [0.05, 0.1) is 18.1 Å². The van der Waals surface area contributed by atoms with Crippen LogP contribution >= 0.6 is 0 Å². The Morgan fingerprint density at radius 3 is 2.58 bits per heavy atom. The van der Waals surface area contributed by atoms with Crippen molar-refractivity contribution in [1.82, 2.24) is 24.6 Å². The predicted octanol–water partition coefficient (Wildman–Crippen LogP) is 4.06. The van der Waals surface area contributed by atoms with Crippen LogP contribution in [0.3, 0.4) is 0 Å². The molecule has 0 bridgehead atoms. The summed E-state index contributed by atoms with van der Waals surface area (Å²) in [4.78, 5) is 11.6. The van der Waals surface area contributed by atoms with Gasteiger partial charge in [-0.25, -0.2) is 4.98 Å². The first kappa shape index (κ1) is 21.5. The number of fused-ring (bicyclic) bond motifs is 1. The van der Waals surface area contributed by atoms with E-state index in [9.17, 15) is 0 Å². The number of nitrogens with one attached hydrogen (secondary N) is 1. The molecular weight excluding hydrogens is 416 g/mol. The second-order valence-corrected chi connectivity index (χ2v) is 8.70. The van der Waals surface area contributed by atoms with Gasteiger partial charge in [0.2, 0.25) is 5.95 Å². The number of likely N-dealkylation sites (tertiary alicyclic amines) is 1. The maximum absolute atomic E-state index is 5.33. The molecule has 1 N–H and O–H groups in total. The van der Waals surface area contributed by atoms with E-state index in [1.165, 1.54) is 5.56 Å². The van der Waals surface area contributed by atoms with Crippen molar-refractivity contribution in [2.45, 2.75) is 32.2 Å². The number of anilines is 1. The van der Waals surface area contributed by atoms with Crippen LogP contribution in [-0.4, -0.2) is 57.4 Å². The van der Waals surface area contributed by atoms with Gasteiger partial charge in [0.25, 0.3) is 5.89 Å². The van der Waals surface area contributed by atoms with E-state index in [1.807, 2.05) is 19.1 Å². The summed E-state index contributed by atoms with van der Waals surface area (Å²) in [5.41, 5.74) is 4.35. The lowest BCUT2D eigenvalue weighted by atomic mass is 10.0. The zero-order chi connectivity index (χ0) is 22.8. The van der Waals surface area contributed by atoms with Gasteiger partial charge in [-0.15, -0.1) is 0 Å². The van der Waals surface area contributed by atoms with Gasteiger partial charge in [-0.2, -0.15) is 4.98 Å². The molecule has 1 aliphatic heterocycles. The van der Waals surface area contributed by atoms with E-state index in [1.54, 1.807) is 7.11 Å². The van der Waals surface area contributed by atoms with Crippen molar-refractivity contribution < 1.29 is 9.26 Å². The van der Waals surface area contributed by atoms with Crippen LogP contribution < -0.4 is 10.1 Å². The zero-order valence-electron chi connectivity index (χ0n) is 19.4. The molecule has 0 radical (unpaired) electrons. The molecule has 172 valence electrons. The molecule has 0 spiro atoms. The van der Waals surface area contributed by atoms with E-state index in [2.05, 4.69) is 62.3 Å². The van der Waals surface area contributed by atoms with Gasteiger partial charge in [-0.05, 0) is 56.0 Å². The molecular formula is C25H30N6O2. The predicted molar refractivity (Wildman–Crippen MR) is 129 cm³/mol. The first-order chi connectivity index (χ1) is 16.1. The summed E-state index contributed by atoms with van der Waals surface area (Å²) in [7, 11) is 3.74. The first-order valence-corrected chi connectivity index (χ1v) is 11.5. The highest BCUT2D eigenvalue weighted by molar-refractivity contribution is 5.80. The molecule has 0 aliphatic carbocycles. The van der Waals surface area contributed by atoms with Crippen LogP contribution in [0.15, 0.2) is 47.0 Å².